The molecule has 142 valence electrons. The van der Waals surface area contributed by atoms with Crippen LogP contribution in [0.3, 0.4) is 0 Å². The van der Waals surface area contributed by atoms with Crippen molar-refractivity contribution < 1.29 is 9.13 Å². The maximum absolute atomic E-state index is 13.9. The zero-order valence-electron chi connectivity index (χ0n) is 14.9. The molecule has 2 saturated heterocycles. The standard InChI is InChI=1S/C18H24FN5O.HI/c1-21-18(22-12-15-10-14(11-20)2-3-17(15)19)24-5-4-16(13-24)23-6-8-25-9-7-23;/h2-3,10,16H,4-9,12-13H2,1H3,(H,21,22);1H. The highest BCUT2D eigenvalue weighted by molar-refractivity contribution is 14.0. The molecule has 0 amide bonds. The van der Waals surface area contributed by atoms with Gasteiger partial charge in [-0.15, -0.1) is 24.0 Å². The number of nitriles is 1. The second-order valence-electron chi connectivity index (χ2n) is 6.36. The van der Waals surface area contributed by atoms with Crippen molar-refractivity contribution in [3.05, 3.63) is 35.1 Å². The number of benzene rings is 1. The fourth-order valence-corrected chi connectivity index (χ4v) is 3.46. The third-order valence-electron chi connectivity index (χ3n) is 4.85. The quantitative estimate of drug-likeness (QED) is 0.412. The second-order valence-corrected chi connectivity index (χ2v) is 6.36. The Labute approximate surface area is 171 Å². The Morgan fingerprint density at radius 1 is 1.38 bits per heavy atom. The van der Waals surface area contributed by atoms with Crippen molar-refractivity contribution in [2.45, 2.75) is 19.0 Å². The van der Waals surface area contributed by atoms with Crippen LogP contribution in [0.1, 0.15) is 17.5 Å². The molecule has 1 N–H and O–H groups in total. The molecule has 6 nitrogen and oxygen atoms in total. The van der Waals surface area contributed by atoms with Gasteiger partial charge in [0, 0.05) is 51.4 Å². The van der Waals surface area contributed by atoms with Crippen molar-refractivity contribution in [1.29, 1.82) is 5.26 Å². The van der Waals surface area contributed by atoms with E-state index in [0.29, 0.717) is 23.7 Å². The van der Waals surface area contributed by atoms with Crippen molar-refractivity contribution in [3.8, 4) is 6.07 Å². The summed E-state index contributed by atoms with van der Waals surface area (Å²) >= 11 is 0. The lowest BCUT2D eigenvalue weighted by Crippen LogP contribution is -2.46. The monoisotopic (exact) mass is 473 g/mol. The molecule has 2 heterocycles. The highest BCUT2D eigenvalue weighted by Crippen LogP contribution is 2.17. The van der Waals surface area contributed by atoms with Crippen molar-refractivity contribution in [1.82, 2.24) is 15.1 Å². The molecule has 8 heteroatoms. The van der Waals surface area contributed by atoms with Gasteiger partial charge in [-0.25, -0.2) is 4.39 Å². The van der Waals surface area contributed by atoms with Gasteiger partial charge in [-0.05, 0) is 24.6 Å². The molecular weight excluding hydrogens is 448 g/mol. The van der Waals surface area contributed by atoms with E-state index < -0.39 is 0 Å². The number of halogens is 2. The van der Waals surface area contributed by atoms with Crippen molar-refractivity contribution in [2.75, 3.05) is 46.4 Å². The molecule has 0 saturated carbocycles. The van der Waals surface area contributed by atoms with Crippen molar-refractivity contribution in [2.24, 2.45) is 4.99 Å². The smallest absolute Gasteiger partial charge is 0.193 e. The summed E-state index contributed by atoms with van der Waals surface area (Å²) in [5, 5.41) is 12.2. The van der Waals surface area contributed by atoms with E-state index in [2.05, 4.69) is 20.1 Å². The molecule has 1 aromatic carbocycles. The summed E-state index contributed by atoms with van der Waals surface area (Å²) in [6, 6.07) is 6.96. The zero-order valence-corrected chi connectivity index (χ0v) is 17.3. The van der Waals surface area contributed by atoms with Crippen LogP contribution < -0.4 is 5.32 Å². The van der Waals surface area contributed by atoms with Crippen LogP contribution in [0, 0.1) is 17.1 Å². The van der Waals surface area contributed by atoms with Crippen LogP contribution in [0.15, 0.2) is 23.2 Å². The van der Waals surface area contributed by atoms with E-state index in [0.717, 1.165) is 51.8 Å². The Balaban J connectivity index is 0.00000243. The van der Waals surface area contributed by atoms with Crippen LogP contribution in [0.2, 0.25) is 0 Å². The maximum atomic E-state index is 13.9. The number of likely N-dealkylation sites (tertiary alicyclic amines) is 1. The van der Waals surface area contributed by atoms with E-state index in [9.17, 15) is 4.39 Å². The number of nitrogens with one attached hydrogen (secondary N) is 1. The minimum atomic E-state index is -0.311. The summed E-state index contributed by atoms with van der Waals surface area (Å²) in [5.74, 6) is 0.465. The van der Waals surface area contributed by atoms with Crippen molar-refractivity contribution >= 4 is 29.9 Å². The minimum Gasteiger partial charge on any atom is -0.379 e. The molecule has 0 spiro atoms. The lowest BCUT2D eigenvalue weighted by atomic mass is 10.1. The van der Waals surface area contributed by atoms with Gasteiger partial charge in [0.1, 0.15) is 5.82 Å². The molecule has 0 aliphatic carbocycles. The predicted molar refractivity (Wildman–Crippen MR) is 109 cm³/mol. The lowest BCUT2D eigenvalue weighted by Gasteiger charge is -2.32. The number of hydrogen-bond acceptors (Lipinski definition) is 4. The van der Waals surface area contributed by atoms with Gasteiger partial charge < -0.3 is 15.0 Å². The van der Waals surface area contributed by atoms with Gasteiger partial charge in [-0.1, -0.05) is 0 Å². The van der Waals surface area contributed by atoms with Gasteiger partial charge >= 0.3 is 0 Å². The summed E-state index contributed by atoms with van der Waals surface area (Å²) in [6.45, 7) is 5.74. The van der Waals surface area contributed by atoms with E-state index in [1.165, 1.54) is 12.1 Å². The number of aliphatic imine (C=N–C) groups is 1. The van der Waals surface area contributed by atoms with Crippen LogP contribution in [0.4, 0.5) is 4.39 Å². The number of ether oxygens (including phenoxy) is 1. The van der Waals surface area contributed by atoms with Crippen LogP contribution in [0.5, 0.6) is 0 Å². The van der Waals surface area contributed by atoms with E-state index >= 15 is 0 Å². The lowest BCUT2D eigenvalue weighted by molar-refractivity contribution is 0.0195. The Morgan fingerprint density at radius 3 is 2.85 bits per heavy atom. The minimum absolute atomic E-state index is 0. The first kappa shape index (κ1) is 20.9. The largest absolute Gasteiger partial charge is 0.379 e. The Hall–Kier alpha value is -1.44. The highest BCUT2D eigenvalue weighted by atomic mass is 127. The highest BCUT2D eigenvalue weighted by Gasteiger charge is 2.30. The van der Waals surface area contributed by atoms with Gasteiger partial charge in [0.15, 0.2) is 5.96 Å². The van der Waals surface area contributed by atoms with E-state index in [4.69, 9.17) is 10.00 Å². The first-order valence-corrected chi connectivity index (χ1v) is 8.67. The number of rotatable bonds is 3. The molecule has 1 unspecified atom stereocenters. The van der Waals surface area contributed by atoms with Crippen molar-refractivity contribution in [3.63, 3.8) is 0 Å². The average Bonchev–Trinajstić information content (AvgIpc) is 3.14. The fraction of sp³-hybridized carbons (Fsp3) is 0.556. The zero-order chi connectivity index (χ0) is 17.6. The molecule has 2 aliphatic heterocycles. The van der Waals surface area contributed by atoms with Gasteiger partial charge in [0.05, 0.1) is 24.8 Å². The van der Waals surface area contributed by atoms with Crippen LogP contribution in [0.25, 0.3) is 0 Å². The molecule has 2 aliphatic rings. The fourth-order valence-electron chi connectivity index (χ4n) is 3.46. The Bertz CT molecular complexity index is 672. The number of guanidine groups is 1. The predicted octanol–water partition coefficient (Wildman–Crippen LogP) is 1.80. The summed E-state index contributed by atoms with van der Waals surface area (Å²) in [7, 11) is 1.74. The van der Waals surface area contributed by atoms with E-state index in [-0.39, 0.29) is 29.8 Å². The van der Waals surface area contributed by atoms with E-state index in [1.807, 2.05) is 6.07 Å². The first-order chi connectivity index (χ1) is 12.2. The Morgan fingerprint density at radius 2 is 2.15 bits per heavy atom. The molecule has 0 radical (unpaired) electrons. The molecule has 2 fully saturated rings. The van der Waals surface area contributed by atoms with Crippen LogP contribution in [-0.4, -0.2) is 68.2 Å². The third-order valence-corrected chi connectivity index (χ3v) is 4.85. The Kier molecular flexibility index (Phi) is 8.06. The average molecular weight is 473 g/mol. The molecule has 1 atom stereocenters. The maximum Gasteiger partial charge on any atom is 0.193 e. The van der Waals surface area contributed by atoms with Gasteiger partial charge in [-0.2, -0.15) is 5.26 Å². The first-order valence-electron chi connectivity index (χ1n) is 8.67. The molecule has 26 heavy (non-hydrogen) atoms. The SMILES string of the molecule is CN=C(NCc1cc(C#N)ccc1F)N1CCC(N2CCOCC2)C1.I. The summed E-state index contributed by atoms with van der Waals surface area (Å²) in [4.78, 5) is 9.03. The van der Waals surface area contributed by atoms with Gasteiger partial charge in [0.2, 0.25) is 0 Å². The third kappa shape index (κ3) is 5.05. The summed E-state index contributed by atoms with van der Waals surface area (Å²) in [5.41, 5.74) is 0.936. The van der Waals surface area contributed by atoms with Gasteiger partial charge in [-0.3, -0.25) is 9.89 Å². The summed E-state index contributed by atoms with van der Waals surface area (Å²) in [6.07, 6.45) is 1.10. The molecular formula is C18H25FIN5O. The van der Waals surface area contributed by atoms with Crippen LogP contribution >= 0.6 is 24.0 Å². The summed E-state index contributed by atoms with van der Waals surface area (Å²) < 4.78 is 19.3. The molecule has 3 rings (SSSR count). The van der Waals surface area contributed by atoms with Crippen LogP contribution in [-0.2, 0) is 11.3 Å². The van der Waals surface area contributed by atoms with Gasteiger partial charge in [0.25, 0.3) is 0 Å². The number of nitrogens with zero attached hydrogens (tertiary/aromatic N) is 4. The van der Waals surface area contributed by atoms with E-state index in [1.54, 1.807) is 13.1 Å². The molecule has 0 bridgehead atoms. The second kappa shape index (κ2) is 10.0. The topological polar surface area (TPSA) is 63.9 Å². The molecule has 0 aromatic heterocycles. The number of hydrogen-bond donors (Lipinski definition) is 1. The number of morpholine rings is 1. The molecule has 1 aromatic rings. The normalized spacial score (nSPS) is 21.2.